The summed E-state index contributed by atoms with van der Waals surface area (Å²) in [7, 11) is -1.50. The van der Waals surface area contributed by atoms with Crippen molar-refractivity contribution in [1.29, 1.82) is 0 Å². The zero-order valence-corrected chi connectivity index (χ0v) is 12.6. The molecule has 0 aromatic heterocycles. The molecule has 1 saturated carbocycles. The predicted molar refractivity (Wildman–Crippen MR) is 78.2 cm³/mol. The SMILES string of the molecule is CN(CCNS(=O)(=O)c1cccc(O)c1)C1CCCC1. The van der Waals surface area contributed by atoms with E-state index in [0.29, 0.717) is 19.1 Å². The van der Waals surface area contributed by atoms with Gasteiger partial charge < -0.3 is 10.0 Å². The summed E-state index contributed by atoms with van der Waals surface area (Å²) < 4.78 is 26.7. The average molecular weight is 298 g/mol. The van der Waals surface area contributed by atoms with Gasteiger partial charge in [-0.25, -0.2) is 13.1 Å². The van der Waals surface area contributed by atoms with E-state index in [0.717, 1.165) is 0 Å². The number of phenolic OH excluding ortho intramolecular Hbond substituents is 1. The van der Waals surface area contributed by atoms with Crippen molar-refractivity contribution in [2.75, 3.05) is 20.1 Å². The van der Waals surface area contributed by atoms with Crippen molar-refractivity contribution in [2.24, 2.45) is 0 Å². The molecule has 1 fully saturated rings. The molecule has 1 aromatic rings. The summed E-state index contributed by atoms with van der Waals surface area (Å²) >= 11 is 0. The minimum Gasteiger partial charge on any atom is -0.508 e. The van der Waals surface area contributed by atoms with Crippen molar-refractivity contribution in [1.82, 2.24) is 9.62 Å². The van der Waals surface area contributed by atoms with Gasteiger partial charge in [-0.1, -0.05) is 18.9 Å². The molecule has 0 saturated heterocycles. The zero-order valence-electron chi connectivity index (χ0n) is 11.7. The van der Waals surface area contributed by atoms with Crippen LogP contribution in [0.15, 0.2) is 29.2 Å². The number of hydrogen-bond donors (Lipinski definition) is 2. The highest BCUT2D eigenvalue weighted by atomic mass is 32.2. The normalized spacial score (nSPS) is 16.9. The Hall–Kier alpha value is -1.11. The topological polar surface area (TPSA) is 69.6 Å². The summed E-state index contributed by atoms with van der Waals surface area (Å²) in [4.78, 5) is 2.32. The first-order valence-corrected chi connectivity index (χ1v) is 8.46. The lowest BCUT2D eigenvalue weighted by molar-refractivity contribution is 0.250. The van der Waals surface area contributed by atoms with Crippen molar-refractivity contribution in [2.45, 2.75) is 36.6 Å². The largest absolute Gasteiger partial charge is 0.508 e. The summed E-state index contributed by atoms with van der Waals surface area (Å²) in [6, 6.07) is 6.29. The van der Waals surface area contributed by atoms with Crippen molar-refractivity contribution in [3.05, 3.63) is 24.3 Å². The molecule has 112 valence electrons. The van der Waals surface area contributed by atoms with Gasteiger partial charge in [0, 0.05) is 19.1 Å². The maximum atomic E-state index is 12.0. The Morgan fingerprint density at radius 2 is 2.05 bits per heavy atom. The lowest BCUT2D eigenvalue weighted by atomic mass is 10.2. The van der Waals surface area contributed by atoms with Crippen LogP contribution >= 0.6 is 0 Å². The Bertz CT molecular complexity index is 539. The third-order valence-corrected chi connectivity index (χ3v) is 5.29. The Morgan fingerprint density at radius 3 is 2.70 bits per heavy atom. The quantitative estimate of drug-likeness (QED) is 0.836. The van der Waals surface area contributed by atoms with E-state index in [2.05, 4.69) is 9.62 Å². The molecule has 20 heavy (non-hydrogen) atoms. The second-order valence-corrected chi connectivity index (χ2v) is 7.08. The first kappa shape index (κ1) is 15.3. The zero-order chi connectivity index (χ0) is 14.6. The number of aromatic hydroxyl groups is 1. The van der Waals surface area contributed by atoms with Crippen LogP contribution in [-0.2, 0) is 10.0 Å². The Morgan fingerprint density at radius 1 is 1.35 bits per heavy atom. The second kappa shape index (κ2) is 6.56. The first-order valence-electron chi connectivity index (χ1n) is 6.98. The lowest BCUT2D eigenvalue weighted by Crippen LogP contribution is -2.37. The summed E-state index contributed by atoms with van der Waals surface area (Å²) in [5, 5.41) is 9.33. The van der Waals surface area contributed by atoms with Gasteiger partial charge in [0.1, 0.15) is 5.75 Å². The maximum absolute atomic E-state index is 12.0. The molecule has 2 rings (SSSR count). The maximum Gasteiger partial charge on any atom is 0.240 e. The fourth-order valence-electron chi connectivity index (χ4n) is 2.62. The van der Waals surface area contributed by atoms with Gasteiger partial charge in [-0.3, -0.25) is 0 Å². The van der Waals surface area contributed by atoms with E-state index in [1.807, 2.05) is 7.05 Å². The van der Waals surface area contributed by atoms with Gasteiger partial charge in [0.2, 0.25) is 10.0 Å². The number of likely N-dealkylation sites (N-methyl/N-ethyl adjacent to an activating group) is 1. The van der Waals surface area contributed by atoms with E-state index >= 15 is 0 Å². The number of rotatable bonds is 6. The average Bonchev–Trinajstić information content (AvgIpc) is 2.92. The molecule has 0 amide bonds. The summed E-state index contributed by atoms with van der Waals surface area (Å²) in [5.41, 5.74) is 0. The molecular weight excluding hydrogens is 276 g/mol. The standard InChI is InChI=1S/C14H22N2O3S/c1-16(12-5-2-3-6-12)10-9-15-20(18,19)14-8-4-7-13(17)11-14/h4,7-8,11-12,15,17H,2-3,5-6,9-10H2,1H3. The van der Waals surface area contributed by atoms with Gasteiger partial charge in [-0.05, 0) is 38.1 Å². The second-order valence-electron chi connectivity index (χ2n) is 5.31. The predicted octanol–water partition coefficient (Wildman–Crippen LogP) is 1.54. The van der Waals surface area contributed by atoms with E-state index in [-0.39, 0.29) is 10.6 Å². The highest BCUT2D eigenvalue weighted by Crippen LogP contribution is 2.22. The van der Waals surface area contributed by atoms with Crippen LogP contribution in [-0.4, -0.2) is 44.6 Å². The lowest BCUT2D eigenvalue weighted by Gasteiger charge is -2.23. The van der Waals surface area contributed by atoms with E-state index in [1.165, 1.54) is 49.9 Å². The third-order valence-electron chi connectivity index (χ3n) is 3.83. The van der Waals surface area contributed by atoms with Crippen LogP contribution in [0, 0.1) is 0 Å². The molecule has 0 aliphatic heterocycles. The highest BCUT2D eigenvalue weighted by molar-refractivity contribution is 7.89. The highest BCUT2D eigenvalue weighted by Gasteiger charge is 2.20. The van der Waals surface area contributed by atoms with E-state index in [4.69, 9.17) is 0 Å². The molecule has 0 heterocycles. The summed E-state index contributed by atoms with van der Waals surface area (Å²) in [6.07, 6.45) is 4.94. The van der Waals surface area contributed by atoms with Gasteiger partial charge in [0.15, 0.2) is 0 Å². The molecule has 5 nitrogen and oxygen atoms in total. The molecule has 0 bridgehead atoms. The van der Waals surface area contributed by atoms with Crippen LogP contribution in [0.1, 0.15) is 25.7 Å². The summed E-state index contributed by atoms with van der Waals surface area (Å²) in [6.45, 7) is 1.08. The van der Waals surface area contributed by atoms with Gasteiger partial charge in [0.25, 0.3) is 0 Å². The van der Waals surface area contributed by atoms with Gasteiger partial charge in [-0.15, -0.1) is 0 Å². The number of sulfonamides is 1. The molecule has 0 atom stereocenters. The van der Waals surface area contributed by atoms with Crippen LogP contribution < -0.4 is 4.72 Å². The molecule has 1 aliphatic carbocycles. The minimum absolute atomic E-state index is 0.0454. The molecule has 6 heteroatoms. The number of hydrogen-bond acceptors (Lipinski definition) is 4. The first-order chi connectivity index (χ1) is 9.49. The van der Waals surface area contributed by atoms with E-state index < -0.39 is 10.0 Å². The fraction of sp³-hybridized carbons (Fsp3) is 0.571. The summed E-state index contributed by atoms with van der Waals surface area (Å²) in [5.74, 6) is -0.0454. The Kier molecular flexibility index (Phi) is 5.01. The Balaban J connectivity index is 1.86. The van der Waals surface area contributed by atoms with Gasteiger partial charge in [-0.2, -0.15) is 0 Å². The number of nitrogens with zero attached hydrogens (tertiary/aromatic N) is 1. The third kappa shape index (κ3) is 3.94. The van der Waals surface area contributed by atoms with Gasteiger partial charge >= 0.3 is 0 Å². The van der Waals surface area contributed by atoms with E-state index in [9.17, 15) is 13.5 Å². The number of nitrogens with one attached hydrogen (secondary N) is 1. The van der Waals surface area contributed by atoms with Crippen molar-refractivity contribution < 1.29 is 13.5 Å². The molecule has 0 unspecified atom stereocenters. The monoisotopic (exact) mass is 298 g/mol. The minimum atomic E-state index is -3.54. The van der Waals surface area contributed by atoms with Crippen molar-refractivity contribution in [3.63, 3.8) is 0 Å². The number of benzene rings is 1. The molecule has 0 radical (unpaired) electrons. The van der Waals surface area contributed by atoms with Crippen LogP contribution in [0.25, 0.3) is 0 Å². The van der Waals surface area contributed by atoms with E-state index in [1.54, 1.807) is 0 Å². The molecule has 2 N–H and O–H groups in total. The Labute approximate surface area is 120 Å². The number of phenols is 1. The van der Waals surface area contributed by atoms with Crippen molar-refractivity contribution >= 4 is 10.0 Å². The van der Waals surface area contributed by atoms with Crippen LogP contribution in [0.3, 0.4) is 0 Å². The van der Waals surface area contributed by atoms with Crippen LogP contribution in [0.4, 0.5) is 0 Å². The van der Waals surface area contributed by atoms with Crippen LogP contribution in [0.2, 0.25) is 0 Å². The molecule has 1 aromatic carbocycles. The smallest absolute Gasteiger partial charge is 0.240 e. The van der Waals surface area contributed by atoms with Crippen LogP contribution in [0.5, 0.6) is 5.75 Å². The van der Waals surface area contributed by atoms with Gasteiger partial charge in [0.05, 0.1) is 4.90 Å². The molecule has 1 aliphatic rings. The molecule has 0 spiro atoms. The molecular formula is C14H22N2O3S. The van der Waals surface area contributed by atoms with Crippen molar-refractivity contribution in [3.8, 4) is 5.75 Å². The fourth-order valence-corrected chi connectivity index (χ4v) is 3.68.